The van der Waals surface area contributed by atoms with Crippen LogP contribution < -0.4 is 4.90 Å². The average molecular weight is 230 g/mol. The van der Waals surface area contributed by atoms with Gasteiger partial charge in [-0.1, -0.05) is 18.2 Å². The lowest BCUT2D eigenvalue weighted by atomic mass is 10.3. The Morgan fingerprint density at radius 1 is 1.00 bits per heavy atom. The van der Waals surface area contributed by atoms with Crippen molar-refractivity contribution in [3.8, 4) is 0 Å². The molecule has 12 heavy (non-hydrogen) atoms. The highest BCUT2D eigenvalue weighted by Gasteiger charge is 1.97. The number of hydrogen-bond donors (Lipinski definition) is 0. The van der Waals surface area contributed by atoms with E-state index in [-0.39, 0.29) is 17.0 Å². The molecule has 1 nitrogen and oxygen atoms in total. The van der Waals surface area contributed by atoms with Crippen molar-refractivity contribution in [1.82, 2.24) is 0 Å². The van der Waals surface area contributed by atoms with Crippen LogP contribution in [0.25, 0.3) is 0 Å². The fourth-order valence-corrected chi connectivity index (χ4v) is 1.23. The number of benzene rings is 1. The summed E-state index contributed by atoms with van der Waals surface area (Å²) in [6.07, 6.45) is 0. The largest absolute Gasteiger partial charge is 0.372 e. The quantitative estimate of drug-likeness (QED) is 0.771. The number of hydrogen-bond acceptors (Lipinski definition) is 1. The van der Waals surface area contributed by atoms with Crippen LogP contribution in [-0.4, -0.2) is 13.1 Å². The topological polar surface area (TPSA) is 3.24 Å². The molecule has 0 radical (unpaired) electrons. The minimum absolute atomic E-state index is 0. The Morgan fingerprint density at radius 3 is 1.92 bits per heavy atom. The molecule has 2 heteroatoms. The minimum atomic E-state index is 0. The lowest BCUT2D eigenvalue weighted by Crippen LogP contribution is -2.21. The van der Waals surface area contributed by atoms with E-state index >= 15 is 0 Å². The summed E-state index contributed by atoms with van der Waals surface area (Å²) in [5.41, 5.74) is 1.32. The number of rotatable bonds is 3. The minimum Gasteiger partial charge on any atom is -0.372 e. The van der Waals surface area contributed by atoms with E-state index in [1.807, 2.05) is 6.07 Å². The molecule has 0 unspecified atom stereocenters. The Labute approximate surface area is 85.2 Å². The predicted molar refractivity (Wildman–Crippen MR) is 60.3 cm³/mol. The first-order valence-electron chi connectivity index (χ1n) is 4.18. The maximum atomic E-state index is 2.33. The van der Waals surface area contributed by atoms with Crippen molar-refractivity contribution >= 4 is 22.7 Å². The molecule has 0 amide bonds. The zero-order chi connectivity index (χ0) is 8.10. The van der Waals surface area contributed by atoms with E-state index in [9.17, 15) is 0 Å². The molecule has 0 heterocycles. The second-order valence-corrected chi connectivity index (χ2v) is 2.51. The first-order valence-corrected chi connectivity index (χ1v) is 4.18. The smallest absolute Gasteiger partial charge is 0.0365 e. The molecule has 0 spiro atoms. The second-order valence-electron chi connectivity index (χ2n) is 2.51. The molecule has 0 saturated carbocycles. The molecule has 0 saturated heterocycles. The highest BCUT2D eigenvalue weighted by Crippen LogP contribution is 2.11. The van der Waals surface area contributed by atoms with E-state index in [4.69, 9.17) is 0 Å². The van der Waals surface area contributed by atoms with E-state index in [0.29, 0.717) is 0 Å². The van der Waals surface area contributed by atoms with Crippen LogP contribution in [0.2, 0.25) is 0 Å². The summed E-state index contributed by atoms with van der Waals surface area (Å²) >= 11 is 0. The van der Waals surface area contributed by atoms with Crippen LogP contribution in [0.1, 0.15) is 13.8 Å². The first kappa shape index (κ1) is 11.5. The molecule has 1 rings (SSSR count). The Morgan fingerprint density at radius 2 is 1.50 bits per heavy atom. The Kier molecular flexibility index (Phi) is 5.81. The monoisotopic (exact) mass is 229 g/mol. The van der Waals surface area contributed by atoms with Crippen molar-refractivity contribution in [1.29, 1.82) is 0 Å². The van der Waals surface area contributed by atoms with Crippen molar-refractivity contribution in [2.24, 2.45) is 0 Å². The van der Waals surface area contributed by atoms with Gasteiger partial charge in [-0.25, -0.2) is 0 Å². The van der Waals surface area contributed by atoms with Gasteiger partial charge < -0.3 is 4.90 Å². The molecule has 0 atom stereocenters. The summed E-state index contributed by atoms with van der Waals surface area (Å²) in [6, 6.07) is 10.5. The standard InChI is InChI=1S/C10H15N.BrH/c1-3-11(4-2)10-8-6-5-7-9-10;/h5-9H,3-4H2,1-2H3;1H. The maximum absolute atomic E-state index is 2.33. The van der Waals surface area contributed by atoms with Crippen molar-refractivity contribution in [2.75, 3.05) is 18.0 Å². The van der Waals surface area contributed by atoms with Gasteiger partial charge in [-0.3, -0.25) is 0 Å². The summed E-state index contributed by atoms with van der Waals surface area (Å²) in [4.78, 5) is 2.33. The Hall–Kier alpha value is -0.500. The molecule has 0 aromatic heterocycles. The van der Waals surface area contributed by atoms with Crippen LogP contribution >= 0.6 is 17.0 Å². The fourth-order valence-electron chi connectivity index (χ4n) is 1.23. The molecule has 0 fully saturated rings. The van der Waals surface area contributed by atoms with E-state index in [1.54, 1.807) is 0 Å². The first-order chi connectivity index (χ1) is 5.38. The van der Waals surface area contributed by atoms with Crippen molar-refractivity contribution < 1.29 is 0 Å². The molecule has 1 aromatic carbocycles. The summed E-state index contributed by atoms with van der Waals surface area (Å²) < 4.78 is 0. The molecule has 0 aliphatic carbocycles. The highest BCUT2D eigenvalue weighted by molar-refractivity contribution is 8.93. The molecule has 0 bridgehead atoms. The third-order valence-electron chi connectivity index (χ3n) is 1.88. The number of nitrogens with zero attached hydrogens (tertiary/aromatic N) is 1. The Balaban J connectivity index is 0.00000121. The van der Waals surface area contributed by atoms with Gasteiger partial charge in [0.25, 0.3) is 0 Å². The van der Waals surface area contributed by atoms with E-state index in [2.05, 4.69) is 43.0 Å². The zero-order valence-electron chi connectivity index (χ0n) is 7.66. The van der Waals surface area contributed by atoms with Gasteiger partial charge in [-0.2, -0.15) is 0 Å². The van der Waals surface area contributed by atoms with Crippen LogP contribution in [-0.2, 0) is 0 Å². The molecule has 0 aliphatic rings. The van der Waals surface area contributed by atoms with Gasteiger partial charge in [-0.05, 0) is 26.0 Å². The maximum Gasteiger partial charge on any atom is 0.0365 e. The van der Waals surface area contributed by atoms with Crippen LogP contribution in [0.5, 0.6) is 0 Å². The fraction of sp³-hybridized carbons (Fsp3) is 0.400. The van der Waals surface area contributed by atoms with E-state index in [1.165, 1.54) is 5.69 Å². The van der Waals surface area contributed by atoms with Crippen molar-refractivity contribution in [3.05, 3.63) is 30.3 Å². The van der Waals surface area contributed by atoms with Crippen molar-refractivity contribution in [3.63, 3.8) is 0 Å². The SMILES string of the molecule is Br.CCN(CC)c1ccccc1. The summed E-state index contributed by atoms with van der Waals surface area (Å²) in [6.45, 7) is 6.52. The van der Waals surface area contributed by atoms with Crippen LogP contribution in [0.15, 0.2) is 30.3 Å². The lowest BCUT2D eigenvalue weighted by Gasteiger charge is -2.20. The van der Waals surface area contributed by atoms with Gasteiger partial charge in [-0.15, -0.1) is 17.0 Å². The summed E-state index contributed by atoms with van der Waals surface area (Å²) in [7, 11) is 0. The van der Waals surface area contributed by atoms with Gasteiger partial charge in [0.1, 0.15) is 0 Å². The third-order valence-corrected chi connectivity index (χ3v) is 1.88. The predicted octanol–water partition coefficient (Wildman–Crippen LogP) is 3.11. The lowest BCUT2D eigenvalue weighted by molar-refractivity contribution is 0.866. The normalized spacial score (nSPS) is 8.83. The van der Waals surface area contributed by atoms with Gasteiger partial charge >= 0.3 is 0 Å². The van der Waals surface area contributed by atoms with Gasteiger partial charge in [0.2, 0.25) is 0 Å². The van der Waals surface area contributed by atoms with Gasteiger partial charge in [0.05, 0.1) is 0 Å². The summed E-state index contributed by atoms with van der Waals surface area (Å²) in [5, 5.41) is 0. The van der Waals surface area contributed by atoms with Crippen molar-refractivity contribution in [2.45, 2.75) is 13.8 Å². The second kappa shape index (κ2) is 6.06. The Bertz CT molecular complexity index is 194. The molecular formula is C10H16BrN. The van der Waals surface area contributed by atoms with E-state index in [0.717, 1.165) is 13.1 Å². The molecule has 0 N–H and O–H groups in total. The average Bonchev–Trinajstić information content (AvgIpc) is 2.09. The summed E-state index contributed by atoms with van der Waals surface area (Å²) in [5.74, 6) is 0. The molecular weight excluding hydrogens is 214 g/mol. The van der Waals surface area contributed by atoms with Gasteiger partial charge in [0, 0.05) is 18.8 Å². The molecule has 68 valence electrons. The van der Waals surface area contributed by atoms with Crippen LogP contribution in [0.3, 0.4) is 0 Å². The van der Waals surface area contributed by atoms with E-state index < -0.39 is 0 Å². The number of halogens is 1. The third kappa shape index (κ3) is 2.86. The van der Waals surface area contributed by atoms with Crippen LogP contribution in [0.4, 0.5) is 5.69 Å². The number of para-hydroxylation sites is 1. The molecule has 1 aromatic rings. The molecule has 0 aliphatic heterocycles. The number of anilines is 1. The highest BCUT2D eigenvalue weighted by atomic mass is 79.9. The van der Waals surface area contributed by atoms with Crippen LogP contribution in [0, 0.1) is 0 Å². The zero-order valence-corrected chi connectivity index (χ0v) is 9.37. The van der Waals surface area contributed by atoms with Gasteiger partial charge in [0.15, 0.2) is 0 Å².